The van der Waals surface area contributed by atoms with E-state index in [9.17, 15) is 0 Å². The number of rotatable bonds is 3. The Balaban J connectivity index is 0.00000144. The van der Waals surface area contributed by atoms with Crippen LogP contribution in [0.5, 0.6) is 0 Å². The number of alkyl halides is 1. The van der Waals surface area contributed by atoms with Crippen molar-refractivity contribution in [3.05, 3.63) is 53.7 Å². The molecule has 2 rings (SSSR count). The minimum absolute atomic E-state index is 0. The molecule has 3 heteroatoms. The van der Waals surface area contributed by atoms with E-state index in [1.54, 1.807) is 0 Å². The van der Waals surface area contributed by atoms with Gasteiger partial charge in [-0.05, 0) is 30.5 Å². The Labute approximate surface area is 121 Å². The summed E-state index contributed by atoms with van der Waals surface area (Å²) < 4.78 is 0. The number of hydrogen-bond donors (Lipinski definition) is 0. The van der Waals surface area contributed by atoms with Crippen molar-refractivity contribution < 1.29 is 0 Å². The SMILES string of the molecule is Br.Cc1ccccc1-c1ccc(CCBr)cn1. The second-order valence-electron chi connectivity index (χ2n) is 3.81. The van der Waals surface area contributed by atoms with Gasteiger partial charge in [0.05, 0.1) is 5.69 Å². The van der Waals surface area contributed by atoms with Crippen LogP contribution < -0.4 is 0 Å². The third-order valence-corrected chi connectivity index (χ3v) is 3.03. The molecule has 0 fully saturated rings. The highest BCUT2D eigenvalue weighted by atomic mass is 79.9. The third-order valence-electron chi connectivity index (χ3n) is 2.63. The molecule has 0 aliphatic heterocycles. The Kier molecular flexibility index (Phi) is 5.86. The van der Waals surface area contributed by atoms with Gasteiger partial charge in [0.1, 0.15) is 0 Å². The Morgan fingerprint density at radius 2 is 1.88 bits per heavy atom. The fourth-order valence-electron chi connectivity index (χ4n) is 1.70. The van der Waals surface area contributed by atoms with E-state index in [1.165, 1.54) is 16.7 Å². The van der Waals surface area contributed by atoms with Crippen LogP contribution in [0.2, 0.25) is 0 Å². The molecular formula is C14H15Br2N. The molecule has 0 spiro atoms. The summed E-state index contributed by atoms with van der Waals surface area (Å²) in [6.07, 6.45) is 2.99. The van der Waals surface area contributed by atoms with Crippen molar-refractivity contribution in [3.63, 3.8) is 0 Å². The average molecular weight is 357 g/mol. The van der Waals surface area contributed by atoms with Crippen LogP contribution in [0.4, 0.5) is 0 Å². The van der Waals surface area contributed by atoms with E-state index in [-0.39, 0.29) is 17.0 Å². The van der Waals surface area contributed by atoms with Gasteiger partial charge >= 0.3 is 0 Å². The molecule has 1 aromatic heterocycles. The van der Waals surface area contributed by atoms with E-state index in [1.807, 2.05) is 6.20 Å². The van der Waals surface area contributed by atoms with E-state index in [0.717, 1.165) is 17.4 Å². The summed E-state index contributed by atoms with van der Waals surface area (Å²) in [5.41, 5.74) is 4.81. The highest BCUT2D eigenvalue weighted by molar-refractivity contribution is 9.09. The summed E-state index contributed by atoms with van der Waals surface area (Å²) in [6, 6.07) is 12.6. The molecule has 0 atom stereocenters. The summed E-state index contributed by atoms with van der Waals surface area (Å²) in [4.78, 5) is 4.51. The standard InChI is InChI=1S/C14H14BrN.BrH/c1-11-4-2-3-5-13(11)14-7-6-12(8-9-15)10-16-14;/h2-7,10H,8-9H2,1H3;1H. The molecule has 0 bridgehead atoms. The zero-order valence-corrected chi connectivity index (χ0v) is 13.0. The van der Waals surface area contributed by atoms with Crippen LogP contribution in [0.1, 0.15) is 11.1 Å². The van der Waals surface area contributed by atoms with Gasteiger partial charge in [0.15, 0.2) is 0 Å². The van der Waals surface area contributed by atoms with Crippen LogP contribution >= 0.6 is 32.9 Å². The first-order valence-corrected chi connectivity index (χ1v) is 6.50. The lowest BCUT2D eigenvalue weighted by atomic mass is 10.0. The maximum atomic E-state index is 4.51. The van der Waals surface area contributed by atoms with E-state index in [0.29, 0.717) is 0 Å². The number of nitrogens with zero attached hydrogens (tertiary/aromatic N) is 1. The van der Waals surface area contributed by atoms with Gasteiger partial charge in [-0.1, -0.05) is 46.3 Å². The predicted octanol–water partition coefficient (Wildman–Crippen LogP) is 4.57. The number of aryl methyl sites for hydroxylation is 2. The highest BCUT2D eigenvalue weighted by Gasteiger charge is 2.01. The van der Waals surface area contributed by atoms with Crippen molar-refractivity contribution in [2.75, 3.05) is 5.33 Å². The molecule has 0 amide bonds. The lowest BCUT2D eigenvalue weighted by molar-refractivity contribution is 1.13. The Hall–Kier alpha value is -0.670. The van der Waals surface area contributed by atoms with E-state index in [2.05, 4.69) is 64.2 Å². The summed E-state index contributed by atoms with van der Waals surface area (Å²) in [6.45, 7) is 2.11. The van der Waals surface area contributed by atoms with Crippen molar-refractivity contribution in [1.82, 2.24) is 4.98 Å². The molecule has 0 saturated heterocycles. The minimum Gasteiger partial charge on any atom is -0.256 e. The van der Waals surface area contributed by atoms with Crippen molar-refractivity contribution >= 4 is 32.9 Å². The van der Waals surface area contributed by atoms with Crippen LogP contribution in [0.25, 0.3) is 11.3 Å². The fourth-order valence-corrected chi connectivity index (χ4v) is 2.16. The first-order valence-electron chi connectivity index (χ1n) is 5.38. The number of hydrogen-bond acceptors (Lipinski definition) is 1. The van der Waals surface area contributed by atoms with Gasteiger partial charge in [0, 0.05) is 17.1 Å². The molecule has 90 valence electrons. The van der Waals surface area contributed by atoms with E-state index >= 15 is 0 Å². The molecule has 0 unspecified atom stereocenters. The first-order chi connectivity index (χ1) is 7.81. The minimum atomic E-state index is 0. The van der Waals surface area contributed by atoms with Gasteiger partial charge in [-0.2, -0.15) is 0 Å². The van der Waals surface area contributed by atoms with Gasteiger partial charge < -0.3 is 0 Å². The molecule has 1 heterocycles. The fraction of sp³-hybridized carbons (Fsp3) is 0.214. The largest absolute Gasteiger partial charge is 0.256 e. The molecule has 17 heavy (non-hydrogen) atoms. The number of halogens is 2. The van der Waals surface area contributed by atoms with Crippen molar-refractivity contribution in [1.29, 1.82) is 0 Å². The van der Waals surface area contributed by atoms with Crippen LogP contribution in [-0.2, 0) is 6.42 Å². The molecule has 0 radical (unpaired) electrons. The normalized spacial score (nSPS) is 9.76. The zero-order chi connectivity index (χ0) is 11.4. The summed E-state index contributed by atoms with van der Waals surface area (Å²) >= 11 is 3.43. The topological polar surface area (TPSA) is 12.9 Å². The van der Waals surface area contributed by atoms with E-state index < -0.39 is 0 Å². The molecule has 0 aliphatic rings. The van der Waals surface area contributed by atoms with Gasteiger partial charge in [-0.3, -0.25) is 4.98 Å². The number of aromatic nitrogens is 1. The lowest BCUT2D eigenvalue weighted by Gasteiger charge is -2.05. The molecule has 0 aliphatic carbocycles. The van der Waals surface area contributed by atoms with Crippen LogP contribution in [0.15, 0.2) is 42.6 Å². The lowest BCUT2D eigenvalue weighted by Crippen LogP contribution is -1.90. The van der Waals surface area contributed by atoms with Crippen molar-refractivity contribution in [3.8, 4) is 11.3 Å². The number of benzene rings is 1. The maximum Gasteiger partial charge on any atom is 0.0704 e. The summed E-state index contributed by atoms with van der Waals surface area (Å²) in [5.74, 6) is 0. The Morgan fingerprint density at radius 3 is 2.47 bits per heavy atom. The molecular weight excluding hydrogens is 342 g/mol. The van der Waals surface area contributed by atoms with Gasteiger partial charge in [0.25, 0.3) is 0 Å². The molecule has 0 N–H and O–H groups in total. The highest BCUT2D eigenvalue weighted by Crippen LogP contribution is 2.20. The van der Waals surface area contributed by atoms with Crippen LogP contribution in [0.3, 0.4) is 0 Å². The molecule has 0 saturated carbocycles. The molecule has 1 aromatic carbocycles. The Morgan fingerprint density at radius 1 is 1.12 bits per heavy atom. The van der Waals surface area contributed by atoms with Crippen LogP contribution in [-0.4, -0.2) is 10.3 Å². The average Bonchev–Trinajstić information content (AvgIpc) is 2.31. The van der Waals surface area contributed by atoms with E-state index in [4.69, 9.17) is 0 Å². The van der Waals surface area contributed by atoms with Crippen molar-refractivity contribution in [2.45, 2.75) is 13.3 Å². The quantitative estimate of drug-likeness (QED) is 0.734. The maximum absolute atomic E-state index is 4.51. The molecule has 2 aromatic rings. The zero-order valence-electron chi connectivity index (χ0n) is 9.69. The Bertz CT molecular complexity index is 466. The smallest absolute Gasteiger partial charge is 0.0704 e. The van der Waals surface area contributed by atoms with Crippen LogP contribution in [0, 0.1) is 6.92 Å². The summed E-state index contributed by atoms with van der Waals surface area (Å²) in [7, 11) is 0. The summed E-state index contributed by atoms with van der Waals surface area (Å²) in [5, 5.41) is 0.985. The van der Waals surface area contributed by atoms with Gasteiger partial charge in [-0.25, -0.2) is 0 Å². The number of pyridine rings is 1. The van der Waals surface area contributed by atoms with Gasteiger partial charge in [-0.15, -0.1) is 17.0 Å². The third kappa shape index (κ3) is 3.65. The van der Waals surface area contributed by atoms with Gasteiger partial charge in [0.2, 0.25) is 0 Å². The molecule has 1 nitrogen and oxygen atoms in total. The van der Waals surface area contributed by atoms with Crippen molar-refractivity contribution in [2.24, 2.45) is 0 Å². The monoisotopic (exact) mass is 355 g/mol. The second kappa shape index (κ2) is 6.92. The first kappa shape index (κ1) is 14.4. The second-order valence-corrected chi connectivity index (χ2v) is 4.60. The predicted molar refractivity (Wildman–Crippen MR) is 82.2 cm³/mol.